The van der Waals surface area contributed by atoms with Crippen molar-refractivity contribution in [2.24, 2.45) is 0 Å². The zero-order valence-corrected chi connectivity index (χ0v) is 10.9. The highest BCUT2D eigenvalue weighted by Gasteiger charge is 2.10. The van der Waals surface area contributed by atoms with Gasteiger partial charge in [-0.05, 0) is 23.6 Å². The molecular weight excluding hydrogens is 264 g/mol. The minimum absolute atomic E-state index is 0.283. The van der Waals surface area contributed by atoms with Crippen LogP contribution in [0.15, 0.2) is 36.4 Å². The number of carbonyl (C=O) groups is 2. The van der Waals surface area contributed by atoms with E-state index in [1.54, 1.807) is 30.3 Å². The van der Waals surface area contributed by atoms with Gasteiger partial charge in [0.05, 0.1) is 14.2 Å². The quantitative estimate of drug-likeness (QED) is 0.620. The standard InChI is InChI=1S/C14H12O6/c1-17-13(15)19-10-7-6-9-4-3-5-12(11(9)8-10)20-14(16)18-2/h3-8H,1-2H3. The molecule has 6 heteroatoms. The zero-order chi connectivity index (χ0) is 14.5. The van der Waals surface area contributed by atoms with Gasteiger partial charge in [0.25, 0.3) is 0 Å². The highest BCUT2D eigenvalue weighted by Crippen LogP contribution is 2.29. The van der Waals surface area contributed by atoms with E-state index in [-0.39, 0.29) is 5.75 Å². The van der Waals surface area contributed by atoms with E-state index in [1.807, 2.05) is 6.07 Å². The average molecular weight is 276 g/mol. The molecule has 0 bridgehead atoms. The number of rotatable bonds is 2. The van der Waals surface area contributed by atoms with Crippen LogP contribution in [0, 0.1) is 0 Å². The fraction of sp³-hybridized carbons (Fsp3) is 0.143. The van der Waals surface area contributed by atoms with Gasteiger partial charge in [-0.3, -0.25) is 0 Å². The summed E-state index contributed by atoms with van der Waals surface area (Å²) in [6, 6.07) is 10.1. The molecule has 0 aliphatic heterocycles. The molecule has 0 N–H and O–H groups in total. The van der Waals surface area contributed by atoms with Gasteiger partial charge >= 0.3 is 12.3 Å². The monoisotopic (exact) mass is 276 g/mol. The van der Waals surface area contributed by atoms with Crippen molar-refractivity contribution in [2.75, 3.05) is 14.2 Å². The third kappa shape index (κ3) is 2.97. The number of carbonyl (C=O) groups excluding carboxylic acids is 2. The Morgan fingerprint density at radius 1 is 0.900 bits per heavy atom. The van der Waals surface area contributed by atoms with Gasteiger partial charge < -0.3 is 18.9 Å². The van der Waals surface area contributed by atoms with Gasteiger partial charge in [0.2, 0.25) is 0 Å². The van der Waals surface area contributed by atoms with Crippen LogP contribution < -0.4 is 9.47 Å². The van der Waals surface area contributed by atoms with E-state index in [4.69, 9.17) is 9.47 Å². The number of benzene rings is 2. The molecule has 0 saturated carbocycles. The number of hydrogen-bond donors (Lipinski definition) is 0. The van der Waals surface area contributed by atoms with Crippen LogP contribution in [0.2, 0.25) is 0 Å². The van der Waals surface area contributed by atoms with Gasteiger partial charge in [-0.15, -0.1) is 0 Å². The Kier molecular flexibility index (Phi) is 4.05. The molecule has 104 valence electrons. The normalized spacial score (nSPS) is 9.90. The predicted molar refractivity (Wildman–Crippen MR) is 70.0 cm³/mol. The molecule has 0 aliphatic carbocycles. The fourth-order valence-electron chi connectivity index (χ4n) is 1.64. The number of hydrogen-bond acceptors (Lipinski definition) is 6. The van der Waals surface area contributed by atoms with E-state index in [2.05, 4.69) is 9.47 Å². The molecule has 6 nitrogen and oxygen atoms in total. The van der Waals surface area contributed by atoms with Crippen molar-refractivity contribution >= 4 is 23.1 Å². The van der Waals surface area contributed by atoms with Crippen molar-refractivity contribution in [1.82, 2.24) is 0 Å². The lowest BCUT2D eigenvalue weighted by Crippen LogP contribution is -2.08. The van der Waals surface area contributed by atoms with Gasteiger partial charge in [-0.2, -0.15) is 0 Å². The minimum atomic E-state index is -0.823. The van der Waals surface area contributed by atoms with Crippen molar-refractivity contribution in [3.8, 4) is 11.5 Å². The number of ether oxygens (including phenoxy) is 4. The summed E-state index contributed by atoms with van der Waals surface area (Å²) in [5.74, 6) is 0.593. The van der Waals surface area contributed by atoms with Crippen molar-refractivity contribution in [3.63, 3.8) is 0 Å². The Hall–Kier alpha value is -2.76. The Bertz CT molecular complexity index is 649. The van der Waals surface area contributed by atoms with Crippen molar-refractivity contribution in [3.05, 3.63) is 36.4 Å². The van der Waals surface area contributed by atoms with Gasteiger partial charge in [0, 0.05) is 5.39 Å². The molecule has 0 radical (unpaired) electrons. The largest absolute Gasteiger partial charge is 0.513 e. The van der Waals surface area contributed by atoms with Gasteiger partial charge in [0.1, 0.15) is 11.5 Å². The molecule has 0 fully saturated rings. The van der Waals surface area contributed by atoms with E-state index in [1.165, 1.54) is 14.2 Å². The van der Waals surface area contributed by atoms with E-state index >= 15 is 0 Å². The predicted octanol–water partition coefficient (Wildman–Crippen LogP) is 3.13. The Balaban J connectivity index is 2.40. The summed E-state index contributed by atoms with van der Waals surface area (Å²) in [5.41, 5.74) is 0. The van der Waals surface area contributed by atoms with Crippen molar-refractivity contribution in [2.45, 2.75) is 0 Å². The minimum Gasteiger partial charge on any atom is -0.437 e. The lowest BCUT2D eigenvalue weighted by molar-refractivity contribution is 0.120. The molecule has 2 aromatic carbocycles. The molecule has 2 rings (SSSR count). The topological polar surface area (TPSA) is 71.1 Å². The molecule has 0 aliphatic rings. The van der Waals surface area contributed by atoms with Gasteiger partial charge in [0.15, 0.2) is 0 Å². The zero-order valence-electron chi connectivity index (χ0n) is 10.9. The molecular formula is C14H12O6. The van der Waals surface area contributed by atoms with E-state index in [0.29, 0.717) is 11.1 Å². The first kappa shape index (κ1) is 13.7. The molecule has 0 saturated heterocycles. The summed E-state index contributed by atoms with van der Waals surface area (Å²) < 4.78 is 18.8. The SMILES string of the molecule is COC(=O)Oc1ccc2cccc(OC(=O)OC)c2c1. The fourth-order valence-corrected chi connectivity index (χ4v) is 1.64. The maximum atomic E-state index is 11.2. The Morgan fingerprint density at radius 3 is 2.30 bits per heavy atom. The highest BCUT2D eigenvalue weighted by molar-refractivity contribution is 5.91. The molecule has 0 aromatic heterocycles. The maximum absolute atomic E-state index is 11.2. The molecule has 0 unspecified atom stereocenters. The van der Waals surface area contributed by atoms with Gasteiger partial charge in [-0.1, -0.05) is 18.2 Å². The van der Waals surface area contributed by atoms with Crippen LogP contribution in [0.25, 0.3) is 10.8 Å². The smallest absolute Gasteiger partial charge is 0.437 e. The van der Waals surface area contributed by atoms with Crippen LogP contribution in [0.4, 0.5) is 9.59 Å². The summed E-state index contributed by atoms with van der Waals surface area (Å²) >= 11 is 0. The summed E-state index contributed by atoms with van der Waals surface area (Å²) in [7, 11) is 2.44. The third-order valence-corrected chi connectivity index (χ3v) is 2.54. The van der Waals surface area contributed by atoms with Crippen LogP contribution in [0.3, 0.4) is 0 Å². The Morgan fingerprint density at radius 2 is 1.60 bits per heavy atom. The maximum Gasteiger partial charge on any atom is 0.513 e. The lowest BCUT2D eigenvalue weighted by atomic mass is 10.1. The van der Waals surface area contributed by atoms with E-state index in [0.717, 1.165) is 5.39 Å². The highest BCUT2D eigenvalue weighted by atomic mass is 16.7. The summed E-state index contributed by atoms with van der Waals surface area (Å²) in [6.45, 7) is 0. The van der Waals surface area contributed by atoms with E-state index < -0.39 is 12.3 Å². The van der Waals surface area contributed by atoms with Crippen LogP contribution in [-0.2, 0) is 9.47 Å². The lowest BCUT2D eigenvalue weighted by Gasteiger charge is -2.08. The molecule has 20 heavy (non-hydrogen) atoms. The van der Waals surface area contributed by atoms with Crippen LogP contribution in [-0.4, -0.2) is 26.5 Å². The molecule has 0 atom stereocenters. The summed E-state index contributed by atoms with van der Waals surface area (Å²) in [6.07, 6.45) is -1.65. The van der Waals surface area contributed by atoms with Crippen LogP contribution >= 0.6 is 0 Å². The second-order valence-corrected chi connectivity index (χ2v) is 3.75. The first-order valence-corrected chi connectivity index (χ1v) is 5.68. The number of methoxy groups -OCH3 is 2. The Labute approximate surface area is 114 Å². The molecule has 2 aromatic rings. The third-order valence-electron chi connectivity index (χ3n) is 2.54. The van der Waals surface area contributed by atoms with Crippen molar-refractivity contribution < 1.29 is 28.5 Å². The summed E-state index contributed by atoms with van der Waals surface area (Å²) in [5, 5.41) is 1.43. The van der Waals surface area contributed by atoms with E-state index in [9.17, 15) is 9.59 Å². The second kappa shape index (κ2) is 5.92. The summed E-state index contributed by atoms with van der Waals surface area (Å²) in [4.78, 5) is 22.3. The molecule has 0 spiro atoms. The molecule has 0 amide bonds. The first-order chi connectivity index (χ1) is 9.63. The average Bonchev–Trinajstić information content (AvgIpc) is 2.47. The number of fused-ring (bicyclic) bond motifs is 1. The van der Waals surface area contributed by atoms with Crippen LogP contribution in [0.5, 0.6) is 11.5 Å². The van der Waals surface area contributed by atoms with Crippen molar-refractivity contribution in [1.29, 1.82) is 0 Å². The second-order valence-electron chi connectivity index (χ2n) is 3.75. The van der Waals surface area contributed by atoms with Gasteiger partial charge in [-0.25, -0.2) is 9.59 Å². The first-order valence-electron chi connectivity index (χ1n) is 5.68. The van der Waals surface area contributed by atoms with Crippen LogP contribution in [0.1, 0.15) is 0 Å². The molecule has 0 heterocycles.